The highest BCUT2D eigenvalue weighted by atomic mass is 19.1. The summed E-state index contributed by atoms with van der Waals surface area (Å²) >= 11 is 0. The maximum atomic E-state index is 12.8. The van der Waals surface area contributed by atoms with E-state index in [2.05, 4.69) is 22.7 Å². The molecule has 0 fully saturated rings. The van der Waals surface area contributed by atoms with Gasteiger partial charge in [-0.2, -0.15) is 5.10 Å². The Bertz CT molecular complexity index is 748. The molecule has 0 saturated carbocycles. The van der Waals surface area contributed by atoms with Gasteiger partial charge in [0.2, 0.25) is 0 Å². The van der Waals surface area contributed by atoms with Crippen LogP contribution in [0.3, 0.4) is 0 Å². The lowest BCUT2D eigenvalue weighted by molar-refractivity contribution is 0.628. The van der Waals surface area contributed by atoms with E-state index in [4.69, 9.17) is 0 Å². The summed E-state index contributed by atoms with van der Waals surface area (Å²) in [7, 11) is 0. The van der Waals surface area contributed by atoms with E-state index in [-0.39, 0.29) is 5.82 Å². The molecule has 3 rings (SSSR count). The number of nitrogens with zero attached hydrogens (tertiary/aromatic N) is 1. The first-order valence-electron chi connectivity index (χ1n) is 6.35. The molecule has 0 amide bonds. The number of nitrogens with one attached hydrogen (secondary N) is 1. The maximum Gasteiger partial charge on any atom is 0.123 e. The van der Waals surface area contributed by atoms with E-state index >= 15 is 0 Å². The summed E-state index contributed by atoms with van der Waals surface area (Å²) in [5.74, 6) is -0.246. The number of fused-ring (bicyclic) bond motifs is 1. The van der Waals surface area contributed by atoms with Gasteiger partial charge in [-0.15, -0.1) is 0 Å². The van der Waals surface area contributed by atoms with Crippen LogP contribution in [-0.4, -0.2) is 6.21 Å². The van der Waals surface area contributed by atoms with Gasteiger partial charge in [-0.1, -0.05) is 42.5 Å². The summed E-state index contributed by atoms with van der Waals surface area (Å²) in [4.78, 5) is 0. The quantitative estimate of drug-likeness (QED) is 0.549. The third-order valence-corrected chi connectivity index (χ3v) is 3.03. The Kier molecular flexibility index (Phi) is 3.42. The van der Waals surface area contributed by atoms with E-state index in [1.54, 1.807) is 18.3 Å². The molecular formula is C17H13FN2. The lowest BCUT2D eigenvalue weighted by Crippen LogP contribution is -1.90. The van der Waals surface area contributed by atoms with Gasteiger partial charge in [-0.25, -0.2) is 4.39 Å². The SMILES string of the molecule is Fc1ccc(/C=N\Nc2ccc3ccccc3c2)cc1. The molecular weight excluding hydrogens is 251 g/mol. The number of rotatable bonds is 3. The molecule has 98 valence electrons. The van der Waals surface area contributed by atoms with Crippen LogP contribution in [0.1, 0.15) is 5.56 Å². The van der Waals surface area contributed by atoms with Gasteiger partial charge in [-0.3, -0.25) is 5.43 Å². The number of hydrogen-bond donors (Lipinski definition) is 1. The monoisotopic (exact) mass is 264 g/mol. The Hall–Kier alpha value is -2.68. The van der Waals surface area contributed by atoms with E-state index in [9.17, 15) is 4.39 Å². The maximum absolute atomic E-state index is 12.8. The first-order chi connectivity index (χ1) is 9.81. The van der Waals surface area contributed by atoms with Crippen LogP contribution < -0.4 is 5.43 Å². The van der Waals surface area contributed by atoms with Gasteiger partial charge in [0.05, 0.1) is 11.9 Å². The van der Waals surface area contributed by atoms with Crippen LogP contribution in [0.2, 0.25) is 0 Å². The van der Waals surface area contributed by atoms with Gasteiger partial charge in [-0.05, 0) is 40.6 Å². The number of hydrogen-bond acceptors (Lipinski definition) is 2. The van der Waals surface area contributed by atoms with E-state index in [1.165, 1.54) is 17.5 Å². The third-order valence-electron chi connectivity index (χ3n) is 3.03. The van der Waals surface area contributed by atoms with Crippen LogP contribution in [0, 0.1) is 5.82 Å². The fraction of sp³-hybridized carbons (Fsp3) is 0. The largest absolute Gasteiger partial charge is 0.278 e. The van der Waals surface area contributed by atoms with Gasteiger partial charge in [0.25, 0.3) is 0 Å². The van der Waals surface area contributed by atoms with Crippen LogP contribution in [0.15, 0.2) is 71.8 Å². The highest BCUT2D eigenvalue weighted by Gasteiger charge is 1.94. The Morgan fingerprint density at radius 3 is 2.40 bits per heavy atom. The molecule has 0 saturated heterocycles. The van der Waals surface area contributed by atoms with Crippen molar-refractivity contribution in [1.29, 1.82) is 0 Å². The van der Waals surface area contributed by atoms with Gasteiger partial charge < -0.3 is 0 Å². The number of hydrazone groups is 1. The minimum atomic E-state index is -0.246. The molecule has 2 nitrogen and oxygen atoms in total. The summed E-state index contributed by atoms with van der Waals surface area (Å²) < 4.78 is 12.8. The molecule has 0 bridgehead atoms. The second-order valence-electron chi connectivity index (χ2n) is 4.48. The average molecular weight is 264 g/mol. The molecule has 0 radical (unpaired) electrons. The molecule has 0 atom stereocenters. The van der Waals surface area contributed by atoms with Gasteiger partial charge in [0.1, 0.15) is 5.82 Å². The van der Waals surface area contributed by atoms with Crippen molar-refractivity contribution in [2.45, 2.75) is 0 Å². The van der Waals surface area contributed by atoms with Crippen molar-refractivity contribution in [3.63, 3.8) is 0 Å². The van der Waals surface area contributed by atoms with Crippen LogP contribution in [-0.2, 0) is 0 Å². The minimum absolute atomic E-state index is 0.246. The lowest BCUT2D eigenvalue weighted by atomic mass is 10.1. The fourth-order valence-electron chi connectivity index (χ4n) is 1.99. The van der Waals surface area contributed by atoms with Crippen LogP contribution >= 0.6 is 0 Å². The molecule has 0 unspecified atom stereocenters. The second-order valence-corrected chi connectivity index (χ2v) is 4.48. The van der Waals surface area contributed by atoms with Crippen LogP contribution in [0.4, 0.5) is 10.1 Å². The first kappa shape index (κ1) is 12.4. The molecule has 0 spiro atoms. The topological polar surface area (TPSA) is 24.4 Å². The van der Waals surface area contributed by atoms with E-state index < -0.39 is 0 Å². The van der Waals surface area contributed by atoms with Crippen molar-refractivity contribution in [2.75, 3.05) is 5.43 Å². The van der Waals surface area contributed by atoms with Crippen molar-refractivity contribution in [2.24, 2.45) is 5.10 Å². The van der Waals surface area contributed by atoms with Gasteiger partial charge in [0, 0.05) is 0 Å². The van der Waals surface area contributed by atoms with Crippen molar-refractivity contribution < 1.29 is 4.39 Å². The fourth-order valence-corrected chi connectivity index (χ4v) is 1.99. The van der Waals surface area contributed by atoms with Crippen molar-refractivity contribution in [1.82, 2.24) is 0 Å². The Morgan fingerprint density at radius 1 is 0.850 bits per heavy atom. The smallest absolute Gasteiger partial charge is 0.123 e. The summed E-state index contributed by atoms with van der Waals surface area (Å²) in [6.45, 7) is 0. The van der Waals surface area contributed by atoms with Crippen LogP contribution in [0.5, 0.6) is 0 Å². The predicted molar refractivity (Wildman–Crippen MR) is 81.6 cm³/mol. The highest BCUT2D eigenvalue weighted by Crippen LogP contribution is 2.18. The summed E-state index contributed by atoms with van der Waals surface area (Å²) in [6, 6.07) is 20.4. The second kappa shape index (κ2) is 5.53. The summed E-state index contributed by atoms with van der Waals surface area (Å²) in [5.41, 5.74) is 4.74. The van der Waals surface area contributed by atoms with Crippen molar-refractivity contribution in [3.05, 3.63) is 78.1 Å². The average Bonchev–Trinajstić information content (AvgIpc) is 2.49. The van der Waals surface area contributed by atoms with Gasteiger partial charge >= 0.3 is 0 Å². The first-order valence-corrected chi connectivity index (χ1v) is 6.35. The Balaban J connectivity index is 1.74. The Labute approximate surface area is 116 Å². The molecule has 0 aromatic heterocycles. The van der Waals surface area contributed by atoms with Gasteiger partial charge in [0.15, 0.2) is 0 Å². The number of benzene rings is 3. The van der Waals surface area contributed by atoms with E-state index in [0.29, 0.717) is 0 Å². The number of anilines is 1. The highest BCUT2D eigenvalue weighted by molar-refractivity contribution is 5.86. The minimum Gasteiger partial charge on any atom is -0.278 e. The molecule has 0 aliphatic heterocycles. The number of halogens is 1. The zero-order valence-electron chi connectivity index (χ0n) is 10.8. The molecule has 1 N–H and O–H groups in total. The molecule has 3 heteroatoms. The zero-order chi connectivity index (χ0) is 13.8. The summed E-state index contributed by atoms with van der Waals surface area (Å²) in [6.07, 6.45) is 1.66. The molecule has 3 aromatic carbocycles. The standard InChI is InChI=1S/C17H13FN2/c18-16-8-5-13(6-9-16)12-19-20-17-10-7-14-3-1-2-4-15(14)11-17/h1-12,20H/b19-12-. The molecule has 3 aromatic rings. The van der Waals surface area contributed by atoms with Crippen molar-refractivity contribution in [3.8, 4) is 0 Å². The molecule has 0 heterocycles. The van der Waals surface area contributed by atoms with E-state index in [0.717, 1.165) is 16.6 Å². The Morgan fingerprint density at radius 2 is 1.60 bits per heavy atom. The normalized spacial score (nSPS) is 11.1. The predicted octanol–water partition coefficient (Wildman–Crippen LogP) is 4.42. The van der Waals surface area contributed by atoms with Crippen LogP contribution in [0.25, 0.3) is 10.8 Å². The van der Waals surface area contributed by atoms with E-state index in [1.807, 2.05) is 30.3 Å². The van der Waals surface area contributed by atoms with Crippen molar-refractivity contribution >= 4 is 22.7 Å². The third kappa shape index (κ3) is 2.83. The zero-order valence-corrected chi connectivity index (χ0v) is 10.8. The lowest BCUT2D eigenvalue weighted by Gasteiger charge is -2.02. The molecule has 0 aliphatic carbocycles. The molecule has 0 aliphatic rings. The molecule has 20 heavy (non-hydrogen) atoms. The summed E-state index contributed by atoms with van der Waals surface area (Å²) in [5, 5.41) is 6.51.